The van der Waals surface area contributed by atoms with Gasteiger partial charge in [-0.05, 0) is 36.8 Å². The van der Waals surface area contributed by atoms with Crippen LogP contribution in [0.5, 0.6) is 0 Å². The van der Waals surface area contributed by atoms with Gasteiger partial charge >= 0.3 is 5.97 Å². The van der Waals surface area contributed by atoms with Gasteiger partial charge in [0.1, 0.15) is 0 Å². The highest BCUT2D eigenvalue weighted by Crippen LogP contribution is 2.24. The number of hydrogen-bond acceptors (Lipinski definition) is 5. The van der Waals surface area contributed by atoms with E-state index in [9.17, 15) is 14.7 Å². The Morgan fingerprint density at radius 1 is 1.05 bits per heavy atom. The fraction of sp³-hybridized carbons (Fsp3) is 0.467. The van der Waals surface area contributed by atoms with Gasteiger partial charge in [-0.25, -0.2) is 4.79 Å². The summed E-state index contributed by atoms with van der Waals surface area (Å²) in [5, 5.41) is 14.3. The van der Waals surface area contributed by atoms with Gasteiger partial charge in [-0.15, -0.1) is 0 Å². The summed E-state index contributed by atoms with van der Waals surface area (Å²) in [6.45, 7) is 7.32. The maximum atomic E-state index is 13.0. The molecule has 1 aromatic heterocycles. The first-order chi connectivity index (χ1) is 17.8. The highest BCUT2D eigenvalue weighted by atomic mass is 16.5. The summed E-state index contributed by atoms with van der Waals surface area (Å²) in [7, 11) is 0. The minimum Gasteiger partial charge on any atom is -0.462 e. The molecule has 1 amide bonds. The number of ether oxygens (including phenoxy) is 1. The van der Waals surface area contributed by atoms with E-state index in [1.807, 2.05) is 55.6 Å². The highest BCUT2D eigenvalue weighted by Gasteiger charge is 2.24. The molecule has 3 aromatic rings. The zero-order valence-corrected chi connectivity index (χ0v) is 22.2. The molecule has 0 bridgehead atoms. The van der Waals surface area contributed by atoms with Crippen LogP contribution in [0.2, 0.25) is 0 Å². The quantitative estimate of drug-likeness (QED) is 0.220. The number of hydrogen-bond donors (Lipinski definition) is 3. The lowest BCUT2D eigenvalue weighted by Gasteiger charge is -2.24. The number of rotatable bonds is 14. The van der Waals surface area contributed by atoms with Crippen LogP contribution in [0.3, 0.4) is 0 Å². The molecule has 0 saturated heterocycles. The lowest BCUT2D eigenvalue weighted by atomic mass is 9.93. The first kappa shape index (κ1) is 28.4. The number of amides is 1. The maximum absolute atomic E-state index is 13.0. The smallest absolute Gasteiger partial charge is 0.340 e. The van der Waals surface area contributed by atoms with Gasteiger partial charge in [0.25, 0.3) is 0 Å². The number of unbranched alkanes of at least 4 members (excludes halogenated alkanes) is 1. The molecule has 2 aromatic carbocycles. The minimum absolute atomic E-state index is 0.0417. The van der Waals surface area contributed by atoms with Crippen molar-refractivity contribution in [3.63, 3.8) is 0 Å². The number of nitrogens with zero attached hydrogens (tertiary/aromatic N) is 1. The Kier molecular flexibility index (Phi) is 10.7. The normalized spacial score (nSPS) is 14.6. The third-order valence-corrected chi connectivity index (χ3v) is 6.74. The van der Waals surface area contributed by atoms with Gasteiger partial charge in [-0.1, -0.05) is 75.7 Å². The Morgan fingerprint density at radius 2 is 1.76 bits per heavy atom. The number of aliphatic hydroxyl groups excluding tert-OH is 1. The minimum atomic E-state index is -0.805. The van der Waals surface area contributed by atoms with E-state index in [4.69, 9.17) is 10.5 Å². The van der Waals surface area contributed by atoms with Crippen LogP contribution in [0.25, 0.3) is 10.9 Å². The predicted molar refractivity (Wildman–Crippen MR) is 147 cm³/mol. The van der Waals surface area contributed by atoms with Crippen LogP contribution in [0.1, 0.15) is 62.4 Å². The zero-order valence-electron chi connectivity index (χ0n) is 22.2. The fourth-order valence-corrected chi connectivity index (χ4v) is 4.51. The number of para-hydroxylation sites is 1. The number of carbonyl (C=O) groups is 2. The number of nitrogens with two attached hydrogens (primary N) is 1. The molecule has 0 fully saturated rings. The van der Waals surface area contributed by atoms with Crippen LogP contribution >= 0.6 is 0 Å². The number of fused-ring (bicyclic) bond motifs is 1. The zero-order chi connectivity index (χ0) is 26.8. The third kappa shape index (κ3) is 8.17. The Hall–Kier alpha value is -3.16. The van der Waals surface area contributed by atoms with E-state index in [1.54, 1.807) is 6.92 Å². The molecule has 0 aliphatic carbocycles. The van der Waals surface area contributed by atoms with Gasteiger partial charge in [-0.3, -0.25) is 4.79 Å². The van der Waals surface area contributed by atoms with E-state index >= 15 is 0 Å². The van der Waals surface area contributed by atoms with Crippen LogP contribution in [0.4, 0.5) is 0 Å². The molecule has 37 heavy (non-hydrogen) atoms. The molecule has 0 saturated carbocycles. The van der Waals surface area contributed by atoms with Gasteiger partial charge in [0, 0.05) is 42.1 Å². The lowest BCUT2D eigenvalue weighted by Crippen LogP contribution is -2.40. The van der Waals surface area contributed by atoms with Crippen molar-refractivity contribution in [2.24, 2.45) is 17.6 Å². The van der Waals surface area contributed by atoms with Crippen LogP contribution < -0.4 is 11.1 Å². The Balaban J connectivity index is 1.53. The van der Waals surface area contributed by atoms with Crippen molar-refractivity contribution in [3.8, 4) is 0 Å². The summed E-state index contributed by atoms with van der Waals surface area (Å²) in [6, 6.07) is 17.4. The van der Waals surface area contributed by atoms with Crippen LogP contribution in [-0.2, 0) is 16.1 Å². The largest absolute Gasteiger partial charge is 0.462 e. The van der Waals surface area contributed by atoms with E-state index in [0.29, 0.717) is 31.5 Å². The van der Waals surface area contributed by atoms with Crippen LogP contribution in [0.15, 0.2) is 60.8 Å². The molecule has 7 nitrogen and oxygen atoms in total. The summed E-state index contributed by atoms with van der Waals surface area (Å²) in [5.74, 6) is -0.798. The average Bonchev–Trinajstić information content (AvgIpc) is 3.26. The van der Waals surface area contributed by atoms with Gasteiger partial charge in [0.05, 0.1) is 18.3 Å². The maximum Gasteiger partial charge on any atom is 0.340 e. The molecule has 0 unspecified atom stereocenters. The van der Waals surface area contributed by atoms with Gasteiger partial charge in [0.15, 0.2) is 0 Å². The summed E-state index contributed by atoms with van der Waals surface area (Å²) < 4.78 is 7.73. The van der Waals surface area contributed by atoms with E-state index in [-0.39, 0.29) is 30.3 Å². The van der Waals surface area contributed by atoms with Gasteiger partial charge in [0.2, 0.25) is 5.91 Å². The monoisotopic (exact) mass is 507 g/mol. The average molecular weight is 508 g/mol. The highest BCUT2D eigenvalue weighted by molar-refractivity contribution is 6.04. The van der Waals surface area contributed by atoms with E-state index < -0.39 is 12.1 Å². The van der Waals surface area contributed by atoms with Crippen molar-refractivity contribution in [1.82, 2.24) is 9.88 Å². The number of benzene rings is 2. The van der Waals surface area contributed by atoms with E-state index in [1.165, 1.54) is 0 Å². The predicted octanol–water partition coefficient (Wildman–Crippen LogP) is 4.50. The number of aliphatic hydroxyl groups is 1. The van der Waals surface area contributed by atoms with Crippen molar-refractivity contribution in [1.29, 1.82) is 0 Å². The number of esters is 1. The first-order valence-corrected chi connectivity index (χ1v) is 13.3. The molecule has 7 heteroatoms. The Morgan fingerprint density at radius 3 is 2.49 bits per heavy atom. The second-order valence-electron chi connectivity index (χ2n) is 10.1. The first-order valence-electron chi connectivity index (χ1n) is 13.3. The molecule has 4 atom stereocenters. The second-order valence-corrected chi connectivity index (χ2v) is 10.1. The van der Waals surface area contributed by atoms with Crippen LogP contribution in [-0.4, -0.2) is 46.8 Å². The molecule has 3 rings (SSSR count). The standard InChI is InChI=1S/C30H41N3O4/c1-4-5-15-32-29(35)22(3)17-28(34)26(31)16-21(2)20-37-30(36)25-19-33(18-23-11-7-6-8-12-23)27-14-10-9-13-24(25)27/h6-14,19,21-22,26,28,34H,4-5,15-18,20,31H2,1-3H3,(H,32,35)/t21-,22+,26-,28+/m0/s1. The van der Waals surface area contributed by atoms with Crippen molar-refractivity contribution in [2.45, 2.75) is 65.1 Å². The topological polar surface area (TPSA) is 107 Å². The number of aromatic nitrogens is 1. The number of nitrogens with one attached hydrogen (secondary N) is 1. The Labute approximate surface area is 220 Å². The molecule has 200 valence electrons. The number of carbonyl (C=O) groups excluding carboxylic acids is 2. The molecular formula is C30H41N3O4. The third-order valence-electron chi connectivity index (χ3n) is 6.74. The molecule has 4 N–H and O–H groups in total. The molecule has 1 heterocycles. The van der Waals surface area contributed by atoms with Gasteiger partial charge < -0.3 is 25.5 Å². The molecule has 0 spiro atoms. The summed E-state index contributed by atoms with van der Waals surface area (Å²) >= 11 is 0. The summed E-state index contributed by atoms with van der Waals surface area (Å²) in [5.41, 5.74) is 8.89. The van der Waals surface area contributed by atoms with Crippen molar-refractivity contribution < 1.29 is 19.4 Å². The van der Waals surface area contributed by atoms with E-state index in [2.05, 4.69) is 28.9 Å². The second kappa shape index (κ2) is 14.0. The van der Waals surface area contributed by atoms with Crippen molar-refractivity contribution in [3.05, 3.63) is 71.9 Å². The van der Waals surface area contributed by atoms with Gasteiger partial charge in [-0.2, -0.15) is 0 Å². The van der Waals surface area contributed by atoms with Crippen molar-refractivity contribution >= 4 is 22.8 Å². The SMILES string of the molecule is CCCCNC(=O)[C@H](C)C[C@@H](O)[C@@H](N)C[C@H](C)COC(=O)c1cn(Cc2ccccc2)c2ccccc12. The molecule has 0 aliphatic heterocycles. The van der Waals surface area contributed by atoms with Crippen LogP contribution in [0, 0.1) is 11.8 Å². The Bertz CT molecular complexity index is 1140. The summed E-state index contributed by atoms with van der Waals surface area (Å²) in [4.78, 5) is 25.2. The lowest BCUT2D eigenvalue weighted by molar-refractivity contribution is -0.125. The summed E-state index contributed by atoms with van der Waals surface area (Å²) in [6.07, 6.45) is 3.78. The molecule has 0 aliphatic rings. The van der Waals surface area contributed by atoms with E-state index in [0.717, 1.165) is 29.3 Å². The molecule has 0 radical (unpaired) electrons. The molecular weight excluding hydrogens is 466 g/mol. The van der Waals surface area contributed by atoms with Crippen molar-refractivity contribution in [2.75, 3.05) is 13.2 Å². The fourth-order valence-electron chi connectivity index (χ4n) is 4.51.